The molecule has 4 nitrogen and oxygen atoms in total. The Morgan fingerprint density at radius 2 is 2.00 bits per heavy atom. The highest BCUT2D eigenvalue weighted by atomic mass is 16.5. The largest absolute Gasteiger partial charge is 0.381 e. The van der Waals surface area contributed by atoms with Crippen molar-refractivity contribution >= 4 is 0 Å². The minimum Gasteiger partial charge on any atom is -0.381 e. The van der Waals surface area contributed by atoms with Gasteiger partial charge in [-0.25, -0.2) is 0 Å². The molecule has 0 radical (unpaired) electrons. The summed E-state index contributed by atoms with van der Waals surface area (Å²) in [5.41, 5.74) is -0.240. The van der Waals surface area contributed by atoms with Crippen LogP contribution in [0.25, 0.3) is 0 Å². The second kappa shape index (κ2) is 5.62. The molecule has 1 N–H and O–H groups in total. The summed E-state index contributed by atoms with van der Waals surface area (Å²) in [5, 5.41) is 12.4. The first kappa shape index (κ1) is 11.8. The van der Waals surface area contributed by atoms with E-state index in [2.05, 4.69) is 11.4 Å². The normalized spacial score (nSPS) is 24.7. The Kier molecular flexibility index (Phi) is 4.16. The fourth-order valence-corrected chi connectivity index (χ4v) is 2.22. The van der Waals surface area contributed by atoms with E-state index in [9.17, 15) is 0 Å². The second-order valence-corrected chi connectivity index (χ2v) is 4.91. The van der Waals surface area contributed by atoms with Crippen molar-refractivity contribution in [1.82, 2.24) is 5.32 Å². The number of nitriles is 1. The highest BCUT2D eigenvalue weighted by Gasteiger charge is 2.38. The van der Waals surface area contributed by atoms with Gasteiger partial charge in [0, 0.05) is 19.8 Å². The number of rotatable bonds is 5. The fraction of sp³-hybridized carbons (Fsp3) is 0.917. The van der Waals surface area contributed by atoms with Crippen LogP contribution in [0.4, 0.5) is 0 Å². The summed E-state index contributed by atoms with van der Waals surface area (Å²) in [6.45, 7) is 4.80. The van der Waals surface area contributed by atoms with E-state index in [1.54, 1.807) is 0 Å². The van der Waals surface area contributed by atoms with E-state index in [0.717, 1.165) is 32.2 Å². The van der Waals surface area contributed by atoms with Gasteiger partial charge in [-0.3, -0.25) is 0 Å². The van der Waals surface area contributed by atoms with Crippen molar-refractivity contribution in [3.63, 3.8) is 0 Å². The molecule has 0 amide bonds. The molecular formula is C12H20N2O2. The van der Waals surface area contributed by atoms with Crippen LogP contribution >= 0.6 is 0 Å². The topological polar surface area (TPSA) is 54.3 Å². The lowest BCUT2D eigenvalue weighted by molar-refractivity contribution is -0.0754. The molecule has 0 aliphatic carbocycles. The Hall–Kier alpha value is -0.630. The summed E-state index contributed by atoms with van der Waals surface area (Å²) in [4.78, 5) is 0. The Balaban J connectivity index is 1.56. The van der Waals surface area contributed by atoms with Crippen LogP contribution in [0.3, 0.4) is 0 Å². The number of hydrogen-bond donors (Lipinski definition) is 1. The summed E-state index contributed by atoms with van der Waals surface area (Å²) in [6.07, 6.45) is 3.58. The zero-order valence-corrected chi connectivity index (χ0v) is 9.71. The van der Waals surface area contributed by atoms with Gasteiger partial charge in [0.2, 0.25) is 0 Å². The van der Waals surface area contributed by atoms with Crippen molar-refractivity contribution in [3.8, 4) is 6.07 Å². The molecule has 0 aromatic rings. The first-order valence-electron chi connectivity index (χ1n) is 6.12. The van der Waals surface area contributed by atoms with Crippen LogP contribution < -0.4 is 5.32 Å². The van der Waals surface area contributed by atoms with E-state index < -0.39 is 0 Å². The zero-order chi connectivity index (χ0) is 11.3. The molecule has 2 saturated heterocycles. The quantitative estimate of drug-likeness (QED) is 0.706. The lowest BCUT2D eigenvalue weighted by Crippen LogP contribution is -2.48. The lowest BCUT2D eigenvalue weighted by atomic mass is 9.88. The second-order valence-electron chi connectivity index (χ2n) is 4.91. The molecular weight excluding hydrogens is 204 g/mol. The smallest absolute Gasteiger partial charge is 0.116 e. The average Bonchev–Trinajstić information content (AvgIpc) is 2.29. The number of ether oxygens (including phenoxy) is 2. The van der Waals surface area contributed by atoms with E-state index in [0.29, 0.717) is 13.2 Å². The van der Waals surface area contributed by atoms with Crippen molar-refractivity contribution < 1.29 is 9.47 Å². The summed E-state index contributed by atoms with van der Waals surface area (Å²) in [6, 6.07) is 2.35. The van der Waals surface area contributed by atoms with Gasteiger partial charge in [-0.1, -0.05) is 0 Å². The molecule has 4 heteroatoms. The third kappa shape index (κ3) is 2.94. The molecule has 0 aromatic carbocycles. The van der Waals surface area contributed by atoms with Crippen LogP contribution in [0.1, 0.15) is 19.3 Å². The van der Waals surface area contributed by atoms with Crippen molar-refractivity contribution in [2.24, 2.45) is 11.3 Å². The Labute approximate surface area is 96.9 Å². The molecule has 2 aliphatic heterocycles. The van der Waals surface area contributed by atoms with Crippen LogP contribution in [0.2, 0.25) is 0 Å². The van der Waals surface area contributed by atoms with Crippen molar-refractivity contribution in [3.05, 3.63) is 0 Å². The fourth-order valence-electron chi connectivity index (χ4n) is 2.22. The van der Waals surface area contributed by atoms with Gasteiger partial charge in [0.1, 0.15) is 5.41 Å². The summed E-state index contributed by atoms with van der Waals surface area (Å²) < 4.78 is 10.4. The van der Waals surface area contributed by atoms with E-state index in [1.807, 2.05) is 0 Å². The summed E-state index contributed by atoms with van der Waals surface area (Å²) in [7, 11) is 0. The van der Waals surface area contributed by atoms with Gasteiger partial charge in [0.15, 0.2) is 0 Å². The van der Waals surface area contributed by atoms with Gasteiger partial charge < -0.3 is 14.8 Å². The highest BCUT2D eigenvalue weighted by molar-refractivity contribution is 5.05. The average molecular weight is 224 g/mol. The Morgan fingerprint density at radius 1 is 1.25 bits per heavy atom. The van der Waals surface area contributed by atoms with E-state index in [1.165, 1.54) is 19.3 Å². The maximum absolute atomic E-state index is 9.00. The first-order chi connectivity index (χ1) is 7.85. The van der Waals surface area contributed by atoms with Crippen LogP contribution in [-0.2, 0) is 9.47 Å². The van der Waals surface area contributed by atoms with Crippen molar-refractivity contribution in [1.29, 1.82) is 5.26 Å². The molecule has 0 spiro atoms. The van der Waals surface area contributed by atoms with Gasteiger partial charge in [-0.05, 0) is 31.7 Å². The van der Waals surface area contributed by atoms with Crippen LogP contribution in [-0.4, -0.2) is 39.5 Å². The minimum atomic E-state index is -0.240. The molecule has 2 aliphatic rings. The standard InChI is InChI=1S/C12H20N2O2/c13-7-12(9-16-10-12)8-14-4-1-11-2-5-15-6-3-11/h11,14H,1-6,8-10H2. The monoisotopic (exact) mass is 224 g/mol. The molecule has 0 bridgehead atoms. The Morgan fingerprint density at radius 3 is 2.56 bits per heavy atom. The SMILES string of the molecule is N#CC1(CNCCC2CCOCC2)COC1. The predicted octanol–water partition coefficient (Wildman–Crippen LogP) is 0.933. The van der Waals surface area contributed by atoms with E-state index >= 15 is 0 Å². The molecule has 16 heavy (non-hydrogen) atoms. The van der Waals surface area contributed by atoms with Gasteiger partial charge in [-0.2, -0.15) is 5.26 Å². The molecule has 90 valence electrons. The third-order valence-electron chi connectivity index (χ3n) is 3.53. The molecule has 0 unspecified atom stereocenters. The third-order valence-corrected chi connectivity index (χ3v) is 3.53. The lowest BCUT2D eigenvalue weighted by Gasteiger charge is -2.35. The summed E-state index contributed by atoms with van der Waals surface area (Å²) >= 11 is 0. The minimum absolute atomic E-state index is 0.240. The predicted molar refractivity (Wildman–Crippen MR) is 59.9 cm³/mol. The van der Waals surface area contributed by atoms with Crippen molar-refractivity contribution in [2.75, 3.05) is 39.5 Å². The van der Waals surface area contributed by atoms with Crippen LogP contribution in [0.5, 0.6) is 0 Å². The summed E-state index contributed by atoms with van der Waals surface area (Å²) in [5.74, 6) is 0.803. The first-order valence-corrected chi connectivity index (χ1v) is 6.12. The van der Waals surface area contributed by atoms with Gasteiger partial charge in [-0.15, -0.1) is 0 Å². The van der Waals surface area contributed by atoms with E-state index in [4.69, 9.17) is 14.7 Å². The Bertz CT molecular complexity index is 252. The number of nitrogens with one attached hydrogen (secondary N) is 1. The van der Waals surface area contributed by atoms with Gasteiger partial charge in [0.25, 0.3) is 0 Å². The molecule has 2 rings (SSSR count). The maximum Gasteiger partial charge on any atom is 0.116 e. The zero-order valence-electron chi connectivity index (χ0n) is 9.71. The van der Waals surface area contributed by atoms with Crippen molar-refractivity contribution in [2.45, 2.75) is 19.3 Å². The highest BCUT2D eigenvalue weighted by Crippen LogP contribution is 2.25. The molecule has 0 saturated carbocycles. The maximum atomic E-state index is 9.00. The van der Waals surface area contributed by atoms with Crippen LogP contribution in [0.15, 0.2) is 0 Å². The van der Waals surface area contributed by atoms with Crippen LogP contribution in [0, 0.1) is 22.7 Å². The molecule has 2 fully saturated rings. The van der Waals surface area contributed by atoms with E-state index in [-0.39, 0.29) is 5.41 Å². The molecule has 0 aromatic heterocycles. The number of hydrogen-bond acceptors (Lipinski definition) is 4. The molecule has 0 atom stereocenters. The molecule has 2 heterocycles. The van der Waals surface area contributed by atoms with Gasteiger partial charge in [0.05, 0.1) is 19.3 Å². The number of nitrogens with zero attached hydrogens (tertiary/aromatic N) is 1. The van der Waals surface area contributed by atoms with Gasteiger partial charge >= 0.3 is 0 Å².